The molecule has 0 aliphatic heterocycles. The second kappa shape index (κ2) is 37.8. The van der Waals surface area contributed by atoms with Crippen LogP contribution in [0.15, 0.2) is 19.2 Å². The summed E-state index contributed by atoms with van der Waals surface area (Å²) in [6.45, 7) is 25.4. The molecule has 6 rings (SSSR count). The van der Waals surface area contributed by atoms with Crippen molar-refractivity contribution in [2.75, 3.05) is 0 Å². The summed E-state index contributed by atoms with van der Waals surface area (Å²) >= 11 is 4.56. The number of pyridine rings is 2. The van der Waals surface area contributed by atoms with Crippen LogP contribution in [0, 0.1) is 47.6 Å². The molecule has 456 valence electrons. The van der Waals surface area contributed by atoms with Crippen molar-refractivity contribution in [3.63, 3.8) is 0 Å². The number of rotatable bonds is 44. The van der Waals surface area contributed by atoms with E-state index in [1.165, 1.54) is 163 Å². The second-order valence-corrected chi connectivity index (χ2v) is 28.9. The van der Waals surface area contributed by atoms with Crippen molar-refractivity contribution in [1.82, 2.24) is 9.13 Å². The van der Waals surface area contributed by atoms with Crippen LogP contribution in [0.4, 0.5) is 0 Å². The zero-order valence-corrected chi connectivity index (χ0v) is 55.1. The zero-order valence-electron chi connectivity index (χ0n) is 51.8. The maximum Gasteiger partial charge on any atom is 0.546 e. The van der Waals surface area contributed by atoms with E-state index >= 15 is 19.2 Å². The summed E-state index contributed by atoms with van der Waals surface area (Å²) in [6, 6.07) is 4.11. The van der Waals surface area contributed by atoms with Gasteiger partial charge in [0.25, 0.3) is 22.2 Å². The number of benzene rings is 2. The van der Waals surface area contributed by atoms with Crippen LogP contribution < -0.4 is 29.9 Å². The van der Waals surface area contributed by atoms with E-state index in [1.54, 1.807) is 0 Å². The van der Waals surface area contributed by atoms with Crippen LogP contribution in [0.3, 0.4) is 0 Å². The van der Waals surface area contributed by atoms with Crippen molar-refractivity contribution in [2.24, 2.45) is 11.8 Å². The summed E-state index contributed by atoms with van der Waals surface area (Å²) in [6.07, 6.45) is 46.6. The number of hydrogen-bond donors (Lipinski definition) is 0. The van der Waals surface area contributed by atoms with Gasteiger partial charge in [0.15, 0.2) is 9.42 Å². The average molecular weight is 1220 g/mol. The minimum Gasteiger partial charge on any atom is -0.274 e. The molecule has 0 amide bonds. The van der Waals surface area contributed by atoms with Gasteiger partial charge in [0.1, 0.15) is 29.1 Å². The van der Waals surface area contributed by atoms with E-state index in [0.717, 1.165) is 148 Å². The number of nitrogens with zero attached hydrogens (tertiary/aromatic N) is 6. The zero-order chi connectivity index (χ0) is 60.1. The normalized spacial score (nSPS) is 12.4. The van der Waals surface area contributed by atoms with E-state index in [1.807, 2.05) is 0 Å². The quantitative estimate of drug-likeness (QED) is 0.0212. The molecule has 2 atom stereocenters. The minimum atomic E-state index is -0.492. The molecule has 6 aromatic rings. The van der Waals surface area contributed by atoms with Crippen LogP contribution in [-0.4, -0.2) is 9.13 Å². The van der Waals surface area contributed by atoms with E-state index in [-0.39, 0.29) is 68.6 Å². The van der Waals surface area contributed by atoms with E-state index in [4.69, 9.17) is 13.1 Å². The van der Waals surface area contributed by atoms with Crippen LogP contribution in [-0.2, 0) is 13.1 Å². The van der Waals surface area contributed by atoms with Crippen LogP contribution in [0.2, 0.25) is 0 Å². The molecule has 2 aromatic carbocycles. The third kappa shape index (κ3) is 18.7. The van der Waals surface area contributed by atoms with Gasteiger partial charge in [-0.3, -0.25) is 28.3 Å². The maximum absolute atomic E-state index is 15.7. The molecule has 4 heterocycles. The fraction of sp³-hybridized carbons (Fsp3) is 0.686. The van der Waals surface area contributed by atoms with Gasteiger partial charge in [-0.15, -0.1) is 45.3 Å². The van der Waals surface area contributed by atoms with Gasteiger partial charge in [-0.05, 0) is 37.5 Å². The van der Waals surface area contributed by atoms with Gasteiger partial charge in [0, 0.05) is 23.9 Å². The first-order valence-corrected chi connectivity index (χ1v) is 36.6. The second-order valence-electron chi connectivity index (χ2n) is 24.3. The number of hydrogen-bond acceptors (Lipinski definition) is 10. The van der Waals surface area contributed by atoms with Gasteiger partial charge in [-0.1, -0.05) is 259 Å². The van der Waals surface area contributed by atoms with Crippen LogP contribution >= 0.6 is 45.3 Å². The van der Waals surface area contributed by atoms with E-state index < -0.39 is 22.2 Å². The summed E-state index contributed by atoms with van der Waals surface area (Å²) in [5.41, 5.74) is -2.09. The molecule has 10 nitrogen and oxygen atoms in total. The number of nitriles is 2. The third-order valence-corrected chi connectivity index (χ3v) is 23.0. The lowest BCUT2D eigenvalue weighted by molar-refractivity contribution is 0.350. The lowest BCUT2D eigenvalue weighted by Crippen LogP contribution is -2.38. The van der Waals surface area contributed by atoms with Crippen molar-refractivity contribution in [3.8, 4) is 12.1 Å². The monoisotopic (exact) mass is 1210 g/mol. The number of unbranched alkanes of at least 4 members (excludes halogenated alkanes) is 32. The smallest absolute Gasteiger partial charge is 0.274 e. The highest BCUT2D eigenvalue weighted by Crippen LogP contribution is 2.45. The molecule has 0 bridgehead atoms. The first-order chi connectivity index (χ1) is 41.1. The molecule has 0 saturated carbocycles. The van der Waals surface area contributed by atoms with Crippen LogP contribution in [0.1, 0.15) is 285 Å². The first kappa shape index (κ1) is 68.4. The van der Waals surface area contributed by atoms with E-state index in [2.05, 4.69) is 49.5 Å². The molecule has 84 heavy (non-hydrogen) atoms. The Morgan fingerprint density at radius 2 is 0.595 bits per heavy atom. The fourth-order valence-electron chi connectivity index (χ4n) is 12.9. The molecule has 0 spiro atoms. The van der Waals surface area contributed by atoms with Crippen molar-refractivity contribution in [3.05, 3.63) is 71.9 Å². The molecule has 0 N–H and O–H groups in total. The molecule has 0 radical (unpaired) electrons. The third-order valence-electron chi connectivity index (χ3n) is 17.8. The van der Waals surface area contributed by atoms with Gasteiger partial charge >= 0.3 is 5.82 Å². The largest absolute Gasteiger partial charge is 0.546 e. The minimum absolute atomic E-state index is 0.0490. The number of aromatic nitrogens is 2. The predicted octanol–water partition coefficient (Wildman–Crippen LogP) is 20.2. The summed E-state index contributed by atoms with van der Waals surface area (Å²) < 4.78 is 5.29. The Morgan fingerprint density at radius 1 is 0.369 bits per heavy atom. The van der Waals surface area contributed by atoms with Gasteiger partial charge in [-0.25, -0.2) is 0 Å². The van der Waals surface area contributed by atoms with E-state index in [0.29, 0.717) is 26.5 Å². The van der Waals surface area contributed by atoms with Gasteiger partial charge in [0.05, 0.1) is 40.3 Å². The molecule has 0 aliphatic carbocycles. The summed E-state index contributed by atoms with van der Waals surface area (Å²) in [5.74, 6) is -0.0637. The molecule has 14 heteroatoms. The highest BCUT2D eigenvalue weighted by atomic mass is 32.2. The SMILES string of the molecule is [C-]#[N+]C([N+]#[C-])=c1sc2c(s1)c1c(=O)n(CC(CCCCCCCCCC)CCCCCCCCCCCC)c(=O)c3c4sc(=C(C#N)C#N)sc4c4c(=O)n(CC(CCCCCCCCCC)CCCCCCCCCCCC)c(=O)c2c4c31. The Hall–Kier alpha value is -4.70. The van der Waals surface area contributed by atoms with E-state index in [9.17, 15) is 10.5 Å². The summed E-state index contributed by atoms with van der Waals surface area (Å²) in [4.78, 5) is 70.2. The first-order valence-electron chi connectivity index (χ1n) is 33.3. The Kier molecular flexibility index (Phi) is 30.8. The molecular formula is C70H98N6O4S4. The Labute approximate surface area is 517 Å². The van der Waals surface area contributed by atoms with Gasteiger partial charge in [0.2, 0.25) is 0 Å². The molecule has 0 saturated heterocycles. The fourth-order valence-corrected chi connectivity index (χ4v) is 18.2. The maximum atomic E-state index is 15.7. The lowest BCUT2D eigenvalue weighted by Gasteiger charge is -2.21. The Morgan fingerprint density at radius 3 is 0.821 bits per heavy atom. The predicted molar refractivity (Wildman–Crippen MR) is 363 cm³/mol. The molecule has 0 aliphatic rings. The lowest BCUT2D eigenvalue weighted by atomic mass is 9.92. The highest BCUT2D eigenvalue weighted by molar-refractivity contribution is 7.38. The van der Waals surface area contributed by atoms with Crippen molar-refractivity contribution in [2.45, 2.75) is 298 Å². The Balaban J connectivity index is 1.50. The van der Waals surface area contributed by atoms with Crippen molar-refractivity contribution < 1.29 is 0 Å². The van der Waals surface area contributed by atoms with Crippen molar-refractivity contribution >= 4 is 108 Å². The van der Waals surface area contributed by atoms with Crippen LogP contribution in [0.25, 0.3) is 72.2 Å². The van der Waals surface area contributed by atoms with Gasteiger partial charge in [-0.2, -0.15) is 20.2 Å². The summed E-state index contributed by atoms with van der Waals surface area (Å²) in [7, 11) is 0. The van der Waals surface area contributed by atoms with Crippen LogP contribution in [0.5, 0.6) is 0 Å². The molecule has 2 unspecified atom stereocenters. The molecule has 0 fully saturated rings. The van der Waals surface area contributed by atoms with Gasteiger partial charge < -0.3 is 0 Å². The van der Waals surface area contributed by atoms with Crippen molar-refractivity contribution in [1.29, 1.82) is 10.5 Å². The molecule has 4 aromatic heterocycles. The number of fused-ring (bicyclic) bond motifs is 6. The molecular weight excluding hydrogens is 1120 g/mol. The average Bonchev–Trinajstić information content (AvgIpc) is 1.26. The summed E-state index contributed by atoms with van der Waals surface area (Å²) in [5, 5.41) is 22.0. The topological polar surface area (TPSA) is 134 Å². The standard InChI is InChI=1S/C70H98N6O4S4/c1-7-11-15-19-23-27-29-33-37-41-45-51(43-39-35-31-25-21-17-13-9-3)49-75-65(77)56-54-55-57(61-60(56)81-69(82-61)53(47-71)48-72)66(78)76(68(80)59(55)63-62(58(54)67(75)79)83-70(84-63)64(73-5)74-6)50-52(44-40-36-32-26-22-18-14-10-4)46-42-38-34-30-28-24-20-16-12-8-2/h51-52H,7-46,49-50H2,1-4H3. The highest BCUT2D eigenvalue weighted by Gasteiger charge is 2.31. The Bertz CT molecular complexity index is 3170.